The van der Waals surface area contributed by atoms with E-state index in [0.29, 0.717) is 16.9 Å². The number of hydrogen-bond acceptors (Lipinski definition) is 4. The first-order valence-electron chi connectivity index (χ1n) is 6.51. The number of fused-ring (bicyclic) bond motifs is 1. The largest absolute Gasteiger partial charge is 0.399 e. The lowest BCUT2D eigenvalue weighted by Crippen LogP contribution is -2.12. The minimum Gasteiger partial charge on any atom is -0.399 e. The molecule has 1 aromatic carbocycles. The van der Waals surface area contributed by atoms with Crippen LogP contribution in [-0.2, 0) is 7.05 Å². The van der Waals surface area contributed by atoms with Crippen LogP contribution in [0.3, 0.4) is 0 Å². The smallest absolute Gasteiger partial charge is 0.255 e. The number of nitrogens with zero attached hydrogens (tertiary/aromatic N) is 3. The van der Waals surface area contributed by atoms with Crippen molar-refractivity contribution in [3.05, 3.63) is 47.8 Å². The molecular weight excluding hydrogens is 266 g/mol. The molecule has 2 heterocycles. The van der Waals surface area contributed by atoms with Crippen LogP contribution in [0.25, 0.3) is 11.0 Å². The van der Waals surface area contributed by atoms with Crippen LogP contribution < -0.4 is 11.1 Å². The van der Waals surface area contributed by atoms with Gasteiger partial charge in [-0.25, -0.2) is 4.98 Å². The molecule has 0 aliphatic rings. The van der Waals surface area contributed by atoms with Gasteiger partial charge in [-0.15, -0.1) is 0 Å². The average molecular weight is 281 g/mol. The molecule has 0 aliphatic heterocycles. The first-order valence-corrected chi connectivity index (χ1v) is 6.51. The molecule has 3 N–H and O–H groups in total. The maximum absolute atomic E-state index is 12.2. The van der Waals surface area contributed by atoms with E-state index < -0.39 is 0 Å². The minimum absolute atomic E-state index is 0.218. The van der Waals surface area contributed by atoms with Gasteiger partial charge in [-0.05, 0) is 31.2 Å². The van der Waals surface area contributed by atoms with E-state index in [1.54, 1.807) is 35.1 Å². The highest BCUT2D eigenvalue weighted by Crippen LogP contribution is 2.20. The zero-order valence-corrected chi connectivity index (χ0v) is 11.8. The van der Waals surface area contributed by atoms with Crippen molar-refractivity contribution < 1.29 is 4.79 Å². The number of pyridine rings is 1. The van der Waals surface area contributed by atoms with Gasteiger partial charge >= 0.3 is 0 Å². The van der Waals surface area contributed by atoms with Crippen LogP contribution in [-0.4, -0.2) is 20.7 Å². The van der Waals surface area contributed by atoms with Gasteiger partial charge in [0.25, 0.3) is 5.91 Å². The van der Waals surface area contributed by atoms with E-state index in [2.05, 4.69) is 15.4 Å². The number of carbonyl (C=O) groups excluding carboxylic acids is 1. The maximum Gasteiger partial charge on any atom is 0.255 e. The molecule has 0 fully saturated rings. The van der Waals surface area contributed by atoms with Crippen molar-refractivity contribution in [1.29, 1.82) is 0 Å². The minimum atomic E-state index is -0.218. The number of aryl methyl sites for hydroxylation is 2. The summed E-state index contributed by atoms with van der Waals surface area (Å²) in [7, 11) is 1.84. The van der Waals surface area contributed by atoms with Crippen molar-refractivity contribution >= 4 is 28.3 Å². The fraction of sp³-hybridized carbons (Fsp3) is 0.133. The Kier molecular flexibility index (Phi) is 3.06. The Morgan fingerprint density at radius 1 is 1.33 bits per heavy atom. The van der Waals surface area contributed by atoms with Crippen molar-refractivity contribution in [2.75, 3.05) is 11.1 Å². The molecule has 6 nitrogen and oxygen atoms in total. The third-order valence-corrected chi connectivity index (χ3v) is 3.27. The molecule has 0 spiro atoms. The van der Waals surface area contributed by atoms with Crippen LogP contribution in [0.5, 0.6) is 0 Å². The third kappa shape index (κ3) is 2.43. The number of carbonyl (C=O) groups is 1. The third-order valence-electron chi connectivity index (χ3n) is 3.27. The number of nitrogens with one attached hydrogen (secondary N) is 1. The van der Waals surface area contributed by atoms with Gasteiger partial charge in [-0.1, -0.05) is 6.07 Å². The molecular formula is C15H15N5O. The number of rotatable bonds is 2. The Balaban J connectivity index is 1.91. The summed E-state index contributed by atoms with van der Waals surface area (Å²) in [6.07, 6.45) is 1.62. The molecule has 106 valence electrons. The molecule has 0 atom stereocenters. The first kappa shape index (κ1) is 13.1. The van der Waals surface area contributed by atoms with Crippen molar-refractivity contribution in [1.82, 2.24) is 14.8 Å². The van der Waals surface area contributed by atoms with Gasteiger partial charge < -0.3 is 11.1 Å². The van der Waals surface area contributed by atoms with Crippen molar-refractivity contribution in [3.8, 4) is 0 Å². The zero-order valence-electron chi connectivity index (χ0n) is 11.8. The number of hydrogen-bond donors (Lipinski definition) is 2. The topological polar surface area (TPSA) is 85.8 Å². The average Bonchev–Trinajstić information content (AvgIpc) is 2.74. The summed E-state index contributed by atoms with van der Waals surface area (Å²) in [6.45, 7) is 1.91. The number of anilines is 2. The highest BCUT2D eigenvalue weighted by atomic mass is 16.1. The standard InChI is InChI=1S/C15H15N5O/c1-9-13-7-12(8-17-14(13)20(2)19-9)18-15(21)10-4-3-5-11(16)6-10/h3-8H,16H2,1-2H3,(H,18,21). The fourth-order valence-corrected chi connectivity index (χ4v) is 2.26. The number of nitrogens with two attached hydrogens (primary N) is 1. The number of aromatic nitrogens is 3. The van der Waals surface area contributed by atoms with E-state index in [1.165, 1.54) is 0 Å². The molecule has 21 heavy (non-hydrogen) atoms. The summed E-state index contributed by atoms with van der Waals surface area (Å²) in [5.74, 6) is -0.218. The van der Waals surface area contributed by atoms with E-state index in [4.69, 9.17) is 5.73 Å². The lowest BCUT2D eigenvalue weighted by atomic mass is 10.2. The normalized spacial score (nSPS) is 10.8. The van der Waals surface area contributed by atoms with E-state index >= 15 is 0 Å². The van der Waals surface area contributed by atoms with Gasteiger partial charge in [-0.2, -0.15) is 5.10 Å². The van der Waals surface area contributed by atoms with Gasteiger partial charge in [0.05, 0.1) is 17.6 Å². The Morgan fingerprint density at radius 2 is 2.14 bits per heavy atom. The molecule has 0 aliphatic carbocycles. The van der Waals surface area contributed by atoms with Crippen LogP contribution in [0.2, 0.25) is 0 Å². The monoisotopic (exact) mass is 281 g/mol. The van der Waals surface area contributed by atoms with Gasteiger partial charge in [0.2, 0.25) is 0 Å². The Labute approximate surface area is 121 Å². The summed E-state index contributed by atoms with van der Waals surface area (Å²) in [4.78, 5) is 16.5. The van der Waals surface area contributed by atoms with Crippen LogP contribution >= 0.6 is 0 Å². The van der Waals surface area contributed by atoms with E-state index in [0.717, 1.165) is 16.7 Å². The molecule has 1 amide bonds. The van der Waals surface area contributed by atoms with Crippen molar-refractivity contribution in [2.24, 2.45) is 7.05 Å². The second-order valence-electron chi connectivity index (χ2n) is 4.88. The van der Waals surface area contributed by atoms with E-state index in [9.17, 15) is 4.79 Å². The Hall–Kier alpha value is -2.89. The molecule has 0 bridgehead atoms. The quantitative estimate of drug-likeness (QED) is 0.704. The second kappa shape index (κ2) is 4.90. The van der Waals surface area contributed by atoms with Gasteiger partial charge in [0.1, 0.15) is 0 Å². The van der Waals surface area contributed by atoms with Crippen molar-refractivity contribution in [2.45, 2.75) is 6.92 Å². The van der Waals surface area contributed by atoms with Gasteiger partial charge in [-0.3, -0.25) is 9.48 Å². The number of nitrogen functional groups attached to an aromatic ring is 1. The molecule has 6 heteroatoms. The molecule has 3 aromatic rings. The van der Waals surface area contributed by atoms with E-state index in [1.807, 2.05) is 20.0 Å². The fourth-order valence-electron chi connectivity index (χ4n) is 2.26. The predicted octanol–water partition coefficient (Wildman–Crippen LogP) is 2.11. The summed E-state index contributed by atoms with van der Waals surface area (Å²) in [6, 6.07) is 8.71. The highest BCUT2D eigenvalue weighted by Gasteiger charge is 2.10. The van der Waals surface area contributed by atoms with Gasteiger partial charge in [0.15, 0.2) is 5.65 Å². The maximum atomic E-state index is 12.2. The van der Waals surface area contributed by atoms with Crippen LogP contribution in [0, 0.1) is 6.92 Å². The van der Waals surface area contributed by atoms with Crippen LogP contribution in [0.4, 0.5) is 11.4 Å². The molecule has 0 radical (unpaired) electrons. The zero-order chi connectivity index (χ0) is 15.0. The Bertz CT molecular complexity index is 837. The first-order chi connectivity index (χ1) is 10.0. The number of benzene rings is 1. The molecule has 3 rings (SSSR count). The van der Waals surface area contributed by atoms with Crippen molar-refractivity contribution in [3.63, 3.8) is 0 Å². The highest BCUT2D eigenvalue weighted by molar-refractivity contribution is 6.05. The second-order valence-corrected chi connectivity index (χ2v) is 4.88. The summed E-state index contributed by atoms with van der Waals surface area (Å²) >= 11 is 0. The van der Waals surface area contributed by atoms with Crippen LogP contribution in [0.15, 0.2) is 36.5 Å². The lowest BCUT2D eigenvalue weighted by molar-refractivity contribution is 0.102. The number of amides is 1. The summed E-state index contributed by atoms with van der Waals surface area (Å²) in [5, 5.41) is 8.04. The molecule has 2 aromatic heterocycles. The van der Waals surface area contributed by atoms with Gasteiger partial charge in [0, 0.05) is 23.7 Å². The Morgan fingerprint density at radius 3 is 2.90 bits per heavy atom. The molecule has 0 saturated heterocycles. The molecule has 0 unspecified atom stereocenters. The summed E-state index contributed by atoms with van der Waals surface area (Å²) in [5.41, 5.74) is 9.04. The SMILES string of the molecule is Cc1nn(C)c2ncc(NC(=O)c3cccc(N)c3)cc12. The predicted molar refractivity (Wildman–Crippen MR) is 82.1 cm³/mol. The summed E-state index contributed by atoms with van der Waals surface area (Å²) < 4.78 is 1.72. The van der Waals surface area contributed by atoms with E-state index in [-0.39, 0.29) is 5.91 Å². The lowest BCUT2D eigenvalue weighted by Gasteiger charge is -2.06. The van der Waals surface area contributed by atoms with Crippen LogP contribution in [0.1, 0.15) is 16.1 Å². The molecule has 0 saturated carbocycles.